The van der Waals surface area contributed by atoms with Crippen molar-refractivity contribution in [1.29, 1.82) is 0 Å². The lowest BCUT2D eigenvalue weighted by Crippen LogP contribution is -2.37. The molecule has 0 saturated carbocycles. The zero-order chi connectivity index (χ0) is 19.5. The van der Waals surface area contributed by atoms with E-state index in [2.05, 4.69) is 10.6 Å². The van der Waals surface area contributed by atoms with Crippen LogP contribution in [-0.2, 0) is 6.54 Å². The van der Waals surface area contributed by atoms with Gasteiger partial charge in [-0.3, -0.25) is 0 Å². The summed E-state index contributed by atoms with van der Waals surface area (Å²) in [6.07, 6.45) is 0. The zero-order valence-electron chi connectivity index (χ0n) is 15.9. The van der Waals surface area contributed by atoms with E-state index in [1.807, 2.05) is 43.3 Å². The van der Waals surface area contributed by atoms with Crippen LogP contribution in [0, 0.1) is 0 Å². The Bertz CT molecular complexity index is 736. The van der Waals surface area contributed by atoms with Crippen LogP contribution < -0.4 is 29.6 Å². The summed E-state index contributed by atoms with van der Waals surface area (Å²) in [7, 11) is 3.16. The van der Waals surface area contributed by atoms with Crippen molar-refractivity contribution < 1.29 is 23.7 Å². The van der Waals surface area contributed by atoms with Gasteiger partial charge >= 0.3 is 6.03 Å². The fraction of sp³-hybridized carbons (Fsp3) is 0.350. The number of hydrogen-bond acceptors (Lipinski definition) is 5. The van der Waals surface area contributed by atoms with Crippen molar-refractivity contribution in [3.63, 3.8) is 0 Å². The Morgan fingerprint density at radius 3 is 2.37 bits per heavy atom. The number of nitrogens with one attached hydrogen (secondary N) is 2. The predicted octanol–water partition coefficient (Wildman–Crippen LogP) is 2.98. The highest BCUT2D eigenvalue weighted by molar-refractivity contribution is 5.73. The van der Waals surface area contributed by atoms with Gasteiger partial charge in [0.15, 0.2) is 11.5 Å². The molecule has 2 aromatic carbocycles. The van der Waals surface area contributed by atoms with Gasteiger partial charge in [-0.1, -0.05) is 12.1 Å². The van der Waals surface area contributed by atoms with E-state index < -0.39 is 0 Å². The number of hydrogen-bond donors (Lipinski definition) is 2. The zero-order valence-corrected chi connectivity index (χ0v) is 15.9. The molecule has 0 radical (unpaired) electrons. The lowest BCUT2D eigenvalue weighted by molar-refractivity contribution is 0.236. The van der Waals surface area contributed by atoms with Crippen LogP contribution in [0.1, 0.15) is 12.5 Å². The van der Waals surface area contributed by atoms with Crippen LogP contribution in [0.2, 0.25) is 0 Å². The lowest BCUT2D eigenvalue weighted by atomic mass is 10.2. The minimum Gasteiger partial charge on any atom is -0.494 e. The number of ether oxygens (including phenoxy) is 4. The molecule has 2 aromatic rings. The van der Waals surface area contributed by atoms with Crippen molar-refractivity contribution in [2.24, 2.45) is 0 Å². The van der Waals surface area contributed by atoms with Gasteiger partial charge < -0.3 is 29.6 Å². The fourth-order valence-electron chi connectivity index (χ4n) is 2.39. The number of urea groups is 1. The quantitative estimate of drug-likeness (QED) is 0.625. The minimum atomic E-state index is -0.267. The van der Waals surface area contributed by atoms with Gasteiger partial charge in [0.25, 0.3) is 0 Å². The highest BCUT2D eigenvalue weighted by Gasteiger charge is 2.06. The normalized spacial score (nSPS) is 10.0. The van der Waals surface area contributed by atoms with Gasteiger partial charge in [-0.25, -0.2) is 4.79 Å². The molecule has 0 aliphatic carbocycles. The van der Waals surface area contributed by atoms with Crippen LogP contribution in [0.4, 0.5) is 4.79 Å². The van der Waals surface area contributed by atoms with Gasteiger partial charge in [-0.2, -0.15) is 0 Å². The third-order valence-corrected chi connectivity index (χ3v) is 3.67. The largest absolute Gasteiger partial charge is 0.494 e. The van der Waals surface area contributed by atoms with Gasteiger partial charge in [0.2, 0.25) is 0 Å². The molecule has 2 amide bonds. The average molecular weight is 374 g/mol. The van der Waals surface area contributed by atoms with Gasteiger partial charge in [0, 0.05) is 12.6 Å². The van der Waals surface area contributed by atoms with E-state index in [9.17, 15) is 4.79 Å². The Labute approximate surface area is 159 Å². The molecular weight excluding hydrogens is 348 g/mol. The molecule has 0 bridgehead atoms. The Hall–Kier alpha value is -3.09. The number of benzene rings is 2. The molecule has 0 aliphatic rings. The Morgan fingerprint density at radius 2 is 1.67 bits per heavy atom. The second-order valence-corrected chi connectivity index (χ2v) is 5.56. The molecule has 0 aromatic heterocycles. The summed E-state index contributed by atoms with van der Waals surface area (Å²) < 4.78 is 21.5. The second-order valence-electron chi connectivity index (χ2n) is 5.56. The van der Waals surface area contributed by atoms with Crippen LogP contribution in [-0.4, -0.2) is 40.0 Å². The molecule has 0 aliphatic heterocycles. The molecule has 7 nitrogen and oxygen atoms in total. The summed E-state index contributed by atoms with van der Waals surface area (Å²) in [5.74, 6) is 2.74. The molecule has 0 saturated heterocycles. The second kappa shape index (κ2) is 10.8. The standard InChI is InChI=1S/C20H26N2O5/c1-4-26-16-6-5-7-17(13-16)27-11-10-21-20(23)22-14-15-8-9-18(24-2)19(12-15)25-3/h5-9,12-13H,4,10-11,14H2,1-3H3,(H2,21,22,23). The van der Waals surface area contributed by atoms with E-state index in [-0.39, 0.29) is 6.03 Å². The van der Waals surface area contributed by atoms with Gasteiger partial charge in [-0.15, -0.1) is 0 Å². The first kappa shape index (κ1) is 20.2. The van der Waals surface area contributed by atoms with E-state index in [0.29, 0.717) is 43.6 Å². The van der Waals surface area contributed by atoms with Gasteiger partial charge in [0.05, 0.1) is 27.4 Å². The SMILES string of the molecule is CCOc1cccc(OCCNC(=O)NCc2ccc(OC)c(OC)c2)c1. The number of amides is 2. The van der Waals surface area contributed by atoms with E-state index in [4.69, 9.17) is 18.9 Å². The van der Waals surface area contributed by atoms with E-state index in [1.54, 1.807) is 20.3 Å². The highest BCUT2D eigenvalue weighted by Crippen LogP contribution is 2.27. The summed E-state index contributed by atoms with van der Waals surface area (Å²) in [4.78, 5) is 11.9. The Balaban J connectivity index is 1.70. The maximum absolute atomic E-state index is 11.9. The first-order valence-corrected chi connectivity index (χ1v) is 8.74. The molecule has 27 heavy (non-hydrogen) atoms. The maximum atomic E-state index is 11.9. The van der Waals surface area contributed by atoms with Gasteiger partial charge in [-0.05, 0) is 36.8 Å². The number of methoxy groups -OCH3 is 2. The molecule has 146 valence electrons. The topological polar surface area (TPSA) is 78.1 Å². The van der Waals surface area contributed by atoms with Crippen LogP contribution in [0.5, 0.6) is 23.0 Å². The summed E-state index contributed by atoms with van der Waals surface area (Å²) in [5, 5.41) is 5.54. The lowest BCUT2D eigenvalue weighted by Gasteiger charge is -2.12. The number of carbonyl (C=O) groups is 1. The van der Waals surface area contributed by atoms with Crippen molar-refractivity contribution in [1.82, 2.24) is 10.6 Å². The fourth-order valence-corrected chi connectivity index (χ4v) is 2.39. The number of carbonyl (C=O) groups excluding carboxylic acids is 1. The first-order valence-electron chi connectivity index (χ1n) is 8.74. The first-order chi connectivity index (χ1) is 13.2. The molecule has 0 fully saturated rings. The van der Waals surface area contributed by atoms with Gasteiger partial charge in [0.1, 0.15) is 18.1 Å². The molecule has 2 N–H and O–H groups in total. The minimum absolute atomic E-state index is 0.267. The molecule has 0 atom stereocenters. The predicted molar refractivity (Wildman–Crippen MR) is 103 cm³/mol. The third kappa shape index (κ3) is 6.62. The van der Waals surface area contributed by atoms with Crippen LogP contribution in [0.25, 0.3) is 0 Å². The number of rotatable bonds is 10. The van der Waals surface area contributed by atoms with Crippen molar-refractivity contribution in [2.75, 3.05) is 34.0 Å². The van der Waals surface area contributed by atoms with E-state index >= 15 is 0 Å². The molecule has 7 heteroatoms. The maximum Gasteiger partial charge on any atom is 0.315 e. The van der Waals surface area contributed by atoms with E-state index in [1.165, 1.54) is 0 Å². The van der Waals surface area contributed by atoms with Crippen molar-refractivity contribution in [2.45, 2.75) is 13.5 Å². The summed E-state index contributed by atoms with van der Waals surface area (Å²) in [6.45, 7) is 3.66. The highest BCUT2D eigenvalue weighted by atomic mass is 16.5. The van der Waals surface area contributed by atoms with Crippen LogP contribution in [0.3, 0.4) is 0 Å². The van der Waals surface area contributed by atoms with E-state index in [0.717, 1.165) is 11.3 Å². The molecule has 0 heterocycles. The smallest absolute Gasteiger partial charge is 0.315 e. The monoisotopic (exact) mass is 374 g/mol. The molecular formula is C20H26N2O5. The van der Waals surface area contributed by atoms with Crippen LogP contribution in [0.15, 0.2) is 42.5 Å². The molecule has 2 rings (SSSR count). The third-order valence-electron chi connectivity index (χ3n) is 3.67. The average Bonchev–Trinajstić information content (AvgIpc) is 2.70. The molecule has 0 unspecified atom stereocenters. The van der Waals surface area contributed by atoms with Crippen molar-refractivity contribution in [3.8, 4) is 23.0 Å². The van der Waals surface area contributed by atoms with Crippen molar-refractivity contribution in [3.05, 3.63) is 48.0 Å². The molecule has 0 spiro atoms. The van der Waals surface area contributed by atoms with Crippen molar-refractivity contribution >= 4 is 6.03 Å². The summed E-state index contributed by atoms with van der Waals surface area (Å²) >= 11 is 0. The van der Waals surface area contributed by atoms with Crippen LogP contribution >= 0.6 is 0 Å². The summed E-state index contributed by atoms with van der Waals surface area (Å²) in [5.41, 5.74) is 0.909. The Kier molecular flexibility index (Phi) is 8.09. The Morgan fingerprint density at radius 1 is 0.926 bits per heavy atom. The summed E-state index contributed by atoms with van der Waals surface area (Å²) in [6, 6.07) is 12.6.